The number of nitrogen functional groups attached to an aromatic ring is 1. The molecule has 0 bridgehead atoms. The fourth-order valence-electron chi connectivity index (χ4n) is 3.80. The number of nitrogens with two attached hydrogens (primary N) is 1. The summed E-state index contributed by atoms with van der Waals surface area (Å²) in [4.78, 5) is 8.74. The Balaban J connectivity index is 1.90. The van der Waals surface area contributed by atoms with Crippen molar-refractivity contribution >= 4 is 22.9 Å². The van der Waals surface area contributed by atoms with Crippen LogP contribution in [0.15, 0.2) is 16.9 Å². The highest BCUT2D eigenvalue weighted by atomic mass is 16.5. The van der Waals surface area contributed by atoms with Crippen molar-refractivity contribution in [3.05, 3.63) is 29.4 Å². The number of hydrogen-bond donors (Lipinski definition) is 1. The van der Waals surface area contributed by atoms with Crippen LogP contribution in [-0.4, -0.2) is 19.7 Å². The lowest BCUT2D eigenvalue weighted by Crippen LogP contribution is -2.06. The third-order valence-corrected chi connectivity index (χ3v) is 4.97. The third kappa shape index (κ3) is 1.74. The molecule has 1 fully saturated rings. The number of allylic oxidation sites excluding steroid dienone is 1. The molecule has 6 heteroatoms. The van der Waals surface area contributed by atoms with Crippen LogP contribution in [-0.2, 0) is 6.42 Å². The van der Waals surface area contributed by atoms with Gasteiger partial charge in [0.25, 0.3) is 0 Å². The van der Waals surface area contributed by atoms with Crippen molar-refractivity contribution < 1.29 is 4.52 Å². The highest BCUT2D eigenvalue weighted by Gasteiger charge is 2.34. The minimum atomic E-state index is 0.273. The second kappa shape index (κ2) is 4.69. The molecule has 0 atom stereocenters. The van der Waals surface area contributed by atoms with Gasteiger partial charge in [-0.3, -0.25) is 0 Å². The van der Waals surface area contributed by atoms with E-state index >= 15 is 0 Å². The first kappa shape index (κ1) is 13.8. The maximum absolute atomic E-state index is 6.24. The summed E-state index contributed by atoms with van der Waals surface area (Å²) < 4.78 is 7.96. The topological polar surface area (TPSA) is 82.8 Å². The quantitative estimate of drug-likeness (QED) is 0.778. The third-order valence-electron chi connectivity index (χ3n) is 4.97. The summed E-state index contributed by atoms with van der Waals surface area (Å²) >= 11 is 0. The first-order chi connectivity index (χ1) is 11.7. The van der Waals surface area contributed by atoms with Crippen LogP contribution in [0.25, 0.3) is 28.4 Å². The molecule has 24 heavy (non-hydrogen) atoms. The van der Waals surface area contributed by atoms with Crippen molar-refractivity contribution in [2.45, 2.75) is 45.1 Å². The molecule has 0 aliphatic heterocycles. The van der Waals surface area contributed by atoms with E-state index in [9.17, 15) is 0 Å². The van der Waals surface area contributed by atoms with Crippen molar-refractivity contribution in [2.75, 3.05) is 5.73 Å². The van der Waals surface area contributed by atoms with Gasteiger partial charge in [0.1, 0.15) is 29.2 Å². The van der Waals surface area contributed by atoms with E-state index in [-0.39, 0.29) is 6.04 Å². The Morgan fingerprint density at radius 2 is 2.12 bits per heavy atom. The predicted octanol–water partition coefficient (Wildman–Crippen LogP) is 3.70. The Morgan fingerprint density at radius 1 is 1.29 bits per heavy atom. The van der Waals surface area contributed by atoms with Gasteiger partial charge in [-0.25, -0.2) is 9.97 Å². The largest absolute Gasteiger partial charge is 0.383 e. The van der Waals surface area contributed by atoms with Crippen molar-refractivity contribution in [2.24, 2.45) is 0 Å². The molecule has 2 aliphatic carbocycles. The van der Waals surface area contributed by atoms with Crippen LogP contribution in [0.2, 0.25) is 0 Å². The standard InChI is InChI=1S/C18H19N5O/c1-9(2)23-12-5-3-4-11-15(22-24-16(11)10-6-7-10)13(12)14-17(19)20-8-21-18(14)23/h3-4,8-10H,5-7H2,1-2H3,(H2,19,20,21). The number of anilines is 1. The Labute approximate surface area is 139 Å². The predicted molar refractivity (Wildman–Crippen MR) is 92.5 cm³/mol. The Morgan fingerprint density at radius 3 is 2.88 bits per heavy atom. The van der Waals surface area contributed by atoms with Crippen molar-refractivity contribution in [3.8, 4) is 11.3 Å². The molecule has 122 valence electrons. The van der Waals surface area contributed by atoms with Crippen molar-refractivity contribution in [1.29, 1.82) is 0 Å². The van der Waals surface area contributed by atoms with Gasteiger partial charge in [0.2, 0.25) is 0 Å². The number of fused-ring (bicyclic) bond motifs is 5. The molecular weight excluding hydrogens is 302 g/mol. The lowest BCUT2D eigenvalue weighted by Gasteiger charge is -2.13. The molecule has 3 aromatic heterocycles. The summed E-state index contributed by atoms with van der Waals surface area (Å²) in [6, 6.07) is 0.273. The first-order valence-corrected chi connectivity index (χ1v) is 8.46. The van der Waals surface area contributed by atoms with E-state index in [1.807, 2.05) is 0 Å². The molecular formula is C18H19N5O. The van der Waals surface area contributed by atoms with E-state index in [1.54, 1.807) is 0 Å². The van der Waals surface area contributed by atoms with E-state index in [0.717, 1.165) is 40.0 Å². The molecule has 2 aliphatic rings. The molecule has 0 saturated heterocycles. The van der Waals surface area contributed by atoms with Gasteiger partial charge in [0.05, 0.1) is 5.39 Å². The highest BCUT2D eigenvalue weighted by molar-refractivity contribution is 6.03. The molecule has 3 aromatic rings. The van der Waals surface area contributed by atoms with Gasteiger partial charge >= 0.3 is 0 Å². The average Bonchev–Trinajstić information content (AvgIpc) is 3.26. The molecule has 3 heterocycles. The molecule has 0 radical (unpaired) electrons. The van der Waals surface area contributed by atoms with E-state index < -0.39 is 0 Å². The molecule has 0 amide bonds. The minimum absolute atomic E-state index is 0.273. The number of aromatic nitrogens is 4. The lowest BCUT2D eigenvalue weighted by atomic mass is 10.0. The average molecular weight is 321 g/mol. The highest BCUT2D eigenvalue weighted by Crippen LogP contribution is 2.47. The van der Waals surface area contributed by atoms with Crippen LogP contribution >= 0.6 is 0 Å². The number of hydrogen-bond acceptors (Lipinski definition) is 5. The zero-order chi connectivity index (χ0) is 16.4. The normalized spacial score (nSPS) is 16.5. The van der Waals surface area contributed by atoms with Crippen LogP contribution in [0.3, 0.4) is 0 Å². The molecule has 6 nitrogen and oxygen atoms in total. The van der Waals surface area contributed by atoms with Gasteiger partial charge in [-0.2, -0.15) is 0 Å². The van der Waals surface area contributed by atoms with Crippen LogP contribution in [0.5, 0.6) is 0 Å². The van der Waals surface area contributed by atoms with E-state index in [1.165, 1.54) is 24.9 Å². The van der Waals surface area contributed by atoms with E-state index in [0.29, 0.717) is 11.7 Å². The van der Waals surface area contributed by atoms with Crippen molar-refractivity contribution in [1.82, 2.24) is 19.7 Å². The summed E-state index contributed by atoms with van der Waals surface area (Å²) in [6.45, 7) is 4.32. The molecule has 1 saturated carbocycles. The van der Waals surface area contributed by atoms with Crippen LogP contribution in [0.4, 0.5) is 5.82 Å². The number of nitrogens with zero attached hydrogens (tertiary/aromatic N) is 4. The Hall–Kier alpha value is -2.63. The number of rotatable bonds is 2. The first-order valence-electron chi connectivity index (χ1n) is 8.46. The van der Waals surface area contributed by atoms with Crippen LogP contribution < -0.4 is 5.73 Å². The van der Waals surface area contributed by atoms with E-state index in [2.05, 4.69) is 45.7 Å². The minimum Gasteiger partial charge on any atom is -0.383 e. The summed E-state index contributed by atoms with van der Waals surface area (Å²) in [5.74, 6) is 2.02. The Kier molecular flexibility index (Phi) is 2.69. The van der Waals surface area contributed by atoms with Crippen molar-refractivity contribution in [3.63, 3.8) is 0 Å². The summed E-state index contributed by atoms with van der Waals surface area (Å²) in [7, 11) is 0. The zero-order valence-corrected chi connectivity index (χ0v) is 13.8. The summed E-state index contributed by atoms with van der Waals surface area (Å²) in [5, 5.41) is 5.32. The zero-order valence-electron chi connectivity index (χ0n) is 13.8. The second-order valence-corrected chi connectivity index (χ2v) is 6.93. The molecule has 2 N–H and O–H groups in total. The Bertz CT molecular complexity index is 991. The fraction of sp³-hybridized carbons (Fsp3) is 0.389. The molecule has 0 unspecified atom stereocenters. The fourth-order valence-corrected chi connectivity index (χ4v) is 3.80. The van der Waals surface area contributed by atoms with Gasteiger partial charge < -0.3 is 14.8 Å². The SMILES string of the molecule is CC(C)n1c2c(c3c(N)ncnc31)-c1noc(C3CC3)c1C=CC2. The summed E-state index contributed by atoms with van der Waals surface area (Å²) in [5.41, 5.74) is 11.3. The van der Waals surface area contributed by atoms with Gasteiger partial charge in [-0.1, -0.05) is 17.3 Å². The monoisotopic (exact) mass is 321 g/mol. The molecule has 0 spiro atoms. The van der Waals surface area contributed by atoms with Gasteiger partial charge in [-0.05, 0) is 26.7 Å². The van der Waals surface area contributed by atoms with Gasteiger partial charge in [-0.15, -0.1) is 0 Å². The molecule has 0 aromatic carbocycles. The maximum Gasteiger partial charge on any atom is 0.147 e. The van der Waals surface area contributed by atoms with Gasteiger partial charge in [0.15, 0.2) is 0 Å². The lowest BCUT2D eigenvalue weighted by molar-refractivity contribution is 0.386. The van der Waals surface area contributed by atoms with Crippen LogP contribution in [0, 0.1) is 0 Å². The van der Waals surface area contributed by atoms with E-state index in [4.69, 9.17) is 10.3 Å². The molecule has 5 rings (SSSR count). The van der Waals surface area contributed by atoms with Crippen LogP contribution in [0.1, 0.15) is 55.7 Å². The van der Waals surface area contributed by atoms with Gasteiger partial charge in [0, 0.05) is 35.2 Å². The smallest absolute Gasteiger partial charge is 0.147 e. The summed E-state index contributed by atoms with van der Waals surface area (Å²) in [6.07, 6.45) is 9.06. The second-order valence-electron chi connectivity index (χ2n) is 6.93. The maximum atomic E-state index is 6.24.